The lowest BCUT2D eigenvalue weighted by Gasteiger charge is -2.26. The molecule has 1 aliphatic heterocycles. The molecule has 1 saturated heterocycles. The summed E-state index contributed by atoms with van der Waals surface area (Å²) in [6.45, 7) is 1.76. The van der Waals surface area contributed by atoms with Crippen molar-refractivity contribution in [2.45, 2.75) is 18.9 Å². The smallest absolute Gasteiger partial charge is 0.267 e. The van der Waals surface area contributed by atoms with Crippen LogP contribution in [0.5, 0.6) is 0 Å². The first-order valence-corrected chi connectivity index (χ1v) is 9.12. The van der Waals surface area contributed by atoms with Gasteiger partial charge in [0.15, 0.2) is 0 Å². The molecule has 3 aromatic heterocycles. The molecular formula is C17H18Cl2N6O. The number of hydrogen-bond donors (Lipinski definition) is 2. The Bertz CT molecular complexity index is 1000. The van der Waals surface area contributed by atoms with Crippen molar-refractivity contribution in [1.29, 1.82) is 0 Å². The van der Waals surface area contributed by atoms with Crippen LogP contribution in [-0.2, 0) is 7.05 Å². The van der Waals surface area contributed by atoms with Crippen molar-refractivity contribution in [1.82, 2.24) is 24.6 Å². The van der Waals surface area contributed by atoms with E-state index < -0.39 is 5.91 Å². The summed E-state index contributed by atoms with van der Waals surface area (Å²) >= 11 is 13.2. The van der Waals surface area contributed by atoms with E-state index in [1.165, 1.54) is 6.07 Å². The van der Waals surface area contributed by atoms with Crippen LogP contribution in [0, 0.1) is 0 Å². The summed E-state index contributed by atoms with van der Waals surface area (Å²) in [5.74, 6) is -0.623. The number of hydrogen-bond acceptors (Lipinski definition) is 4. The van der Waals surface area contributed by atoms with Gasteiger partial charge in [0.05, 0.1) is 27.3 Å². The molecule has 1 atom stereocenters. The van der Waals surface area contributed by atoms with Crippen molar-refractivity contribution < 1.29 is 4.79 Å². The molecule has 7 nitrogen and oxygen atoms in total. The summed E-state index contributed by atoms with van der Waals surface area (Å²) in [6, 6.07) is 1.61. The van der Waals surface area contributed by atoms with Gasteiger partial charge in [-0.3, -0.25) is 9.48 Å². The largest absolute Gasteiger partial charge is 0.364 e. The molecule has 1 aliphatic rings. The molecule has 0 aliphatic carbocycles. The zero-order valence-corrected chi connectivity index (χ0v) is 15.7. The maximum atomic E-state index is 11.7. The quantitative estimate of drug-likeness (QED) is 0.716. The lowest BCUT2D eigenvalue weighted by Crippen LogP contribution is -2.32. The van der Waals surface area contributed by atoms with Crippen molar-refractivity contribution in [2.24, 2.45) is 12.8 Å². The van der Waals surface area contributed by atoms with E-state index in [2.05, 4.69) is 20.0 Å². The van der Waals surface area contributed by atoms with E-state index in [0.29, 0.717) is 21.1 Å². The van der Waals surface area contributed by atoms with Gasteiger partial charge in [0.1, 0.15) is 11.3 Å². The fourth-order valence-electron chi connectivity index (χ4n) is 3.55. The first-order valence-electron chi connectivity index (χ1n) is 8.37. The minimum atomic E-state index is -0.623. The summed E-state index contributed by atoms with van der Waals surface area (Å²) in [7, 11) is 1.85. The van der Waals surface area contributed by atoms with Crippen molar-refractivity contribution in [3.8, 4) is 11.3 Å². The second-order valence-electron chi connectivity index (χ2n) is 6.49. The van der Waals surface area contributed by atoms with E-state index in [1.807, 2.05) is 13.2 Å². The number of nitrogens with two attached hydrogens (primary N) is 1. The second kappa shape index (κ2) is 6.57. The van der Waals surface area contributed by atoms with Crippen LogP contribution < -0.4 is 11.1 Å². The molecule has 4 rings (SSSR count). The van der Waals surface area contributed by atoms with Crippen molar-refractivity contribution in [3.05, 3.63) is 34.2 Å². The molecule has 136 valence electrons. The first kappa shape index (κ1) is 17.3. The van der Waals surface area contributed by atoms with Gasteiger partial charge in [0, 0.05) is 31.4 Å². The second-order valence-corrected chi connectivity index (χ2v) is 7.27. The summed E-state index contributed by atoms with van der Waals surface area (Å²) in [4.78, 5) is 16.2. The summed E-state index contributed by atoms with van der Waals surface area (Å²) in [5.41, 5.74) is 7.81. The molecular weight excluding hydrogens is 375 g/mol. The van der Waals surface area contributed by atoms with Gasteiger partial charge in [-0.25, -0.2) is 4.98 Å². The Kier molecular flexibility index (Phi) is 4.38. The number of piperidine rings is 1. The number of rotatable bonds is 3. The van der Waals surface area contributed by atoms with E-state index in [9.17, 15) is 4.79 Å². The van der Waals surface area contributed by atoms with Gasteiger partial charge in [-0.05, 0) is 25.5 Å². The minimum Gasteiger partial charge on any atom is -0.364 e. The molecule has 0 aromatic carbocycles. The normalized spacial score (nSPS) is 17.7. The van der Waals surface area contributed by atoms with Crippen LogP contribution in [0.3, 0.4) is 0 Å². The fraction of sp³-hybridized carbons (Fsp3) is 0.353. The van der Waals surface area contributed by atoms with E-state index in [4.69, 9.17) is 28.9 Å². The average molecular weight is 393 g/mol. The summed E-state index contributed by atoms with van der Waals surface area (Å²) in [6.07, 6.45) is 5.67. The minimum absolute atomic E-state index is 0.124. The number of pyridine rings is 1. The van der Waals surface area contributed by atoms with Crippen LogP contribution in [0.15, 0.2) is 18.5 Å². The number of aryl methyl sites for hydroxylation is 1. The molecule has 4 heterocycles. The molecule has 1 amide bonds. The van der Waals surface area contributed by atoms with Crippen LogP contribution in [0.4, 0.5) is 0 Å². The topological polar surface area (TPSA) is 90.8 Å². The van der Waals surface area contributed by atoms with E-state index in [1.54, 1.807) is 10.9 Å². The SMILES string of the molecule is Cn1cc(-c2c(Cl)c3c(Cl)cc(C(N)=O)nc3n2C2CCCNC2)cn1. The lowest BCUT2D eigenvalue weighted by molar-refractivity contribution is 0.0996. The maximum absolute atomic E-state index is 11.7. The highest BCUT2D eigenvalue weighted by atomic mass is 35.5. The molecule has 0 spiro atoms. The number of primary amides is 1. The van der Waals surface area contributed by atoms with Crippen LogP contribution >= 0.6 is 23.2 Å². The van der Waals surface area contributed by atoms with Crippen molar-refractivity contribution >= 4 is 40.1 Å². The number of nitrogens with one attached hydrogen (secondary N) is 1. The van der Waals surface area contributed by atoms with Crippen LogP contribution in [0.2, 0.25) is 10.0 Å². The van der Waals surface area contributed by atoms with E-state index in [-0.39, 0.29) is 11.7 Å². The number of halogens is 2. The van der Waals surface area contributed by atoms with Gasteiger partial charge >= 0.3 is 0 Å². The molecule has 0 bridgehead atoms. The average Bonchev–Trinajstić information content (AvgIpc) is 3.16. The van der Waals surface area contributed by atoms with Crippen LogP contribution in [-0.4, -0.2) is 38.3 Å². The molecule has 26 heavy (non-hydrogen) atoms. The Labute approximate surface area is 160 Å². The number of amides is 1. The fourth-order valence-corrected chi connectivity index (χ4v) is 4.27. The summed E-state index contributed by atoms with van der Waals surface area (Å²) < 4.78 is 3.79. The van der Waals surface area contributed by atoms with Gasteiger partial charge < -0.3 is 15.6 Å². The van der Waals surface area contributed by atoms with Gasteiger partial charge in [-0.1, -0.05) is 23.2 Å². The van der Waals surface area contributed by atoms with Crippen molar-refractivity contribution in [3.63, 3.8) is 0 Å². The number of fused-ring (bicyclic) bond motifs is 1. The Morgan fingerprint density at radius 2 is 2.23 bits per heavy atom. The Hall–Kier alpha value is -2.09. The highest BCUT2D eigenvalue weighted by molar-refractivity contribution is 6.44. The van der Waals surface area contributed by atoms with Crippen LogP contribution in [0.25, 0.3) is 22.3 Å². The lowest BCUT2D eigenvalue weighted by atomic mass is 10.1. The predicted molar refractivity (Wildman–Crippen MR) is 102 cm³/mol. The molecule has 1 unspecified atom stereocenters. The summed E-state index contributed by atoms with van der Waals surface area (Å²) in [5, 5.41) is 9.16. The molecule has 3 N–H and O–H groups in total. The third kappa shape index (κ3) is 2.76. The standard InChI is InChI=1S/C17H18Cl2N6O/c1-24-8-9(6-22-24)15-14(19)13-11(18)5-12(16(20)26)23-17(13)25(15)10-3-2-4-21-7-10/h5-6,8,10,21H,2-4,7H2,1H3,(H2,20,26). The third-order valence-electron chi connectivity index (χ3n) is 4.72. The third-order valence-corrected chi connectivity index (χ3v) is 5.38. The number of carbonyl (C=O) groups is 1. The molecule has 0 saturated carbocycles. The van der Waals surface area contributed by atoms with Gasteiger partial charge in [-0.15, -0.1) is 0 Å². The number of aromatic nitrogens is 4. The first-order chi connectivity index (χ1) is 12.5. The maximum Gasteiger partial charge on any atom is 0.267 e. The van der Waals surface area contributed by atoms with Gasteiger partial charge in [-0.2, -0.15) is 5.10 Å². The van der Waals surface area contributed by atoms with Gasteiger partial charge in [0.2, 0.25) is 0 Å². The Morgan fingerprint density at radius 3 is 2.85 bits per heavy atom. The van der Waals surface area contributed by atoms with E-state index >= 15 is 0 Å². The molecule has 9 heteroatoms. The Balaban J connectivity index is 2.06. The molecule has 0 radical (unpaired) electrons. The zero-order valence-electron chi connectivity index (χ0n) is 14.2. The Morgan fingerprint density at radius 1 is 1.42 bits per heavy atom. The van der Waals surface area contributed by atoms with Crippen LogP contribution in [0.1, 0.15) is 29.4 Å². The molecule has 3 aromatic rings. The zero-order chi connectivity index (χ0) is 18.4. The number of carbonyl (C=O) groups excluding carboxylic acids is 1. The molecule has 1 fully saturated rings. The predicted octanol–water partition coefficient (Wildman–Crippen LogP) is 2.77. The van der Waals surface area contributed by atoms with E-state index in [0.717, 1.165) is 37.2 Å². The highest BCUT2D eigenvalue weighted by Gasteiger charge is 2.28. The number of nitrogens with zero attached hydrogens (tertiary/aromatic N) is 4. The van der Waals surface area contributed by atoms with Crippen molar-refractivity contribution in [2.75, 3.05) is 13.1 Å². The van der Waals surface area contributed by atoms with Gasteiger partial charge in [0.25, 0.3) is 5.91 Å². The highest BCUT2D eigenvalue weighted by Crippen LogP contribution is 2.43. The monoisotopic (exact) mass is 392 g/mol.